The normalized spacial score (nSPS) is 11.3. The first-order chi connectivity index (χ1) is 15.2. The molecule has 1 heterocycles. The van der Waals surface area contributed by atoms with E-state index < -0.39 is 11.2 Å². The molecule has 0 unspecified atom stereocenters. The minimum Gasteiger partial charge on any atom is -0.287 e. The maximum absolute atomic E-state index is 13.7. The number of rotatable bonds is 5. The van der Waals surface area contributed by atoms with Crippen LogP contribution in [0.25, 0.3) is 10.8 Å². The Morgan fingerprint density at radius 1 is 0.906 bits per heavy atom. The van der Waals surface area contributed by atoms with Crippen LogP contribution in [0.4, 0.5) is 0 Å². The molecule has 0 aliphatic heterocycles. The fourth-order valence-electron chi connectivity index (χ4n) is 4.28. The number of carbonyl (C=O) groups excluding carboxylic acids is 1. The van der Waals surface area contributed by atoms with Gasteiger partial charge in [-0.2, -0.15) is 0 Å². The van der Waals surface area contributed by atoms with Crippen LogP contribution < -0.4 is 11.2 Å². The summed E-state index contributed by atoms with van der Waals surface area (Å²) in [4.78, 5) is 41.8. The quantitative estimate of drug-likeness (QED) is 0.470. The Balaban J connectivity index is 1.93. The van der Waals surface area contributed by atoms with Crippen molar-refractivity contribution in [3.8, 4) is 0 Å². The Bertz CT molecular complexity index is 1440. The number of benzene rings is 3. The van der Waals surface area contributed by atoms with E-state index in [9.17, 15) is 14.4 Å². The van der Waals surface area contributed by atoms with Gasteiger partial charge in [0.2, 0.25) is 5.78 Å². The lowest BCUT2D eigenvalue weighted by molar-refractivity contribution is 0.102. The predicted octanol–water partition coefficient (Wildman–Crippen LogP) is 4.71. The minimum atomic E-state index is -0.583. The fourth-order valence-corrected chi connectivity index (χ4v) is 4.28. The van der Waals surface area contributed by atoms with Gasteiger partial charge in [-0.05, 0) is 54.3 Å². The second-order valence-electron chi connectivity index (χ2n) is 8.65. The van der Waals surface area contributed by atoms with Gasteiger partial charge in [-0.1, -0.05) is 67.4 Å². The van der Waals surface area contributed by atoms with Gasteiger partial charge in [0.25, 0.3) is 5.56 Å². The highest BCUT2D eigenvalue weighted by molar-refractivity contribution is 6.09. The third kappa shape index (κ3) is 4.06. The van der Waals surface area contributed by atoms with E-state index >= 15 is 0 Å². The maximum atomic E-state index is 13.7. The summed E-state index contributed by atoms with van der Waals surface area (Å²) in [6.45, 7) is 7.74. The van der Waals surface area contributed by atoms with E-state index in [1.807, 2.05) is 76.2 Å². The number of nitrogens with zero attached hydrogens (tertiary/aromatic N) is 1. The van der Waals surface area contributed by atoms with Gasteiger partial charge in [0.1, 0.15) is 5.69 Å². The zero-order valence-electron chi connectivity index (χ0n) is 18.7. The summed E-state index contributed by atoms with van der Waals surface area (Å²) in [5.74, 6) is -0.545. The molecule has 0 radical (unpaired) electrons. The number of aryl methyl sites for hydroxylation is 2. The number of ketones is 1. The molecule has 0 aliphatic carbocycles. The first-order valence-electron chi connectivity index (χ1n) is 10.7. The van der Waals surface area contributed by atoms with Crippen LogP contribution in [0.1, 0.15) is 58.1 Å². The average Bonchev–Trinajstić information content (AvgIpc) is 2.73. The lowest BCUT2D eigenvalue weighted by atomic mass is 9.95. The van der Waals surface area contributed by atoms with Gasteiger partial charge in [0, 0.05) is 11.1 Å². The number of aromatic amines is 1. The lowest BCUT2D eigenvalue weighted by Crippen LogP contribution is -2.38. The van der Waals surface area contributed by atoms with Crippen LogP contribution in [0.3, 0.4) is 0 Å². The molecule has 4 rings (SSSR count). The van der Waals surface area contributed by atoms with E-state index in [1.54, 1.807) is 12.1 Å². The number of aromatic nitrogens is 2. The molecule has 1 N–H and O–H groups in total. The second kappa shape index (κ2) is 8.42. The number of nitrogens with one attached hydrogen (secondary N) is 1. The van der Waals surface area contributed by atoms with Crippen molar-refractivity contribution in [2.75, 3.05) is 0 Å². The van der Waals surface area contributed by atoms with Crippen molar-refractivity contribution in [1.82, 2.24) is 9.55 Å². The molecule has 0 saturated heterocycles. The molecule has 0 amide bonds. The van der Waals surface area contributed by atoms with Crippen molar-refractivity contribution in [3.05, 3.63) is 115 Å². The summed E-state index contributed by atoms with van der Waals surface area (Å²) in [7, 11) is 0. The van der Waals surface area contributed by atoms with Crippen molar-refractivity contribution < 1.29 is 4.79 Å². The third-order valence-corrected chi connectivity index (χ3v) is 5.67. The summed E-state index contributed by atoms with van der Waals surface area (Å²) in [5.41, 5.74) is 2.65. The van der Waals surface area contributed by atoms with E-state index in [0.717, 1.165) is 27.5 Å². The van der Waals surface area contributed by atoms with Gasteiger partial charge in [0.05, 0.1) is 6.54 Å². The highest BCUT2D eigenvalue weighted by atomic mass is 16.2. The monoisotopic (exact) mass is 426 g/mol. The highest BCUT2D eigenvalue weighted by Crippen LogP contribution is 2.22. The molecule has 3 aromatic carbocycles. The van der Waals surface area contributed by atoms with Crippen molar-refractivity contribution in [1.29, 1.82) is 0 Å². The fraction of sp³-hybridized carbons (Fsp3) is 0.222. The number of carbonyl (C=O) groups is 1. The summed E-state index contributed by atoms with van der Waals surface area (Å²) < 4.78 is 1.40. The van der Waals surface area contributed by atoms with E-state index in [4.69, 9.17) is 0 Å². The van der Waals surface area contributed by atoms with Crippen molar-refractivity contribution in [3.63, 3.8) is 0 Å². The molecular weight excluding hydrogens is 400 g/mol. The third-order valence-electron chi connectivity index (χ3n) is 5.67. The molecule has 162 valence electrons. The standard InChI is InChI=1S/C27H26N2O3/c1-16(2)23-24(25(30)22-12-17(3)11-18(4)13-22)29(27(32)28-26(23)31)15-19-9-10-20-7-5-6-8-21(20)14-19/h5-14,16H,15H2,1-4H3,(H,28,31,32). The zero-order valence-corrected chi connectivity index (χ0v) is 18.7. The van der Waals surface area contributed by atoms with Gasteiger partial charge >= 0.3 is 5.69 Å². The van der Waals surface area contributed by atoms with E-state index in [2.05, 4.69) is 4.98 Å². The first kappa shape index (κ1) is 21.5. The van der Waals surface area contributed by atoms with Crippen LogP contribution >= 0.6 is 0 Å². The topological polar surface area (TPSA) is 71.9 Å². The molecule has 0 atom stereocenters. The maximum Gasteiger partial charge on any atom is 0.329 e. The molecule has 5 nitrogen and oxygen atoms in total. The smallest absolute Gasteiger partial charge is 0.287 e. The number of hydrogen-bond acceptors (Lipinski definition) is 3. The largest absolute Gasteiger partial charge is 0.329 e. The van der Waals surface area contributed by atoms with Gasteiger partial charge in [-0.15, -0.1) is 0 Å². The minimum absolute atomic E-state index is 0.159. The van der Waals surface area contributed by atoms with Crippen molar-refractivity contribution >= 4 is 16.6 Å². The molecule has 5 heteroatoms. The average molecular weight is 427 g/mol. The summed E-state index contributed by atoms with van der Waals surface area (Å²) in [5, 5.41) is 2.15. The summed E-state index contributed by atoms with van der Waals surface area (Å²) in [6, 6.07) is 19.5. The van der Waals surface area contributed by atoms with Crippen LogP contribution in [-0.2, 0) is 6.54 Å². The van der Waals surface area contributed by atoms with Crippen molar-refractivity contribution in [2.24, 2.45) is 0 Å². The Morgan fingerprint density at radius 3 is 2.22 bits per heavy atom. The predicted molar refractivity (Wildman–Crippen MR) is 128 cm³/mol. The molecular formula is C27H26N2O3. The Hall–Kier alpha value is -3.73. The van der Waals surface area contributed by atoms with Crippen LogP contribution in [0.15, 0.2) is 70.3 Å². The summed E-state index contributed by atoms with van der Waals surface area (Å²) in [6.07, 6.45) is 0. The Kier molecular flexibility index (Phi) is 5.66. The molecule has 0 saturated carbocycles. The van der Waals surface area contributed by atoms with E-state index in [-0.39, 0.29) is 23.9 Å². The first-order valence-corrected chi connectivity index (χ1v) is 10.7. The molecule has 0 fully saturated rings. The van der Waals surface area contributed by atoms with Gasteiger partial charge in [0.15, 0.2) is 0 Å². The van der Waals surface area contributed by atoms with Crippen LogP contribution in [0.2, 0.25) is 0 Å². The van der Waals surface area contributed by atoms with Gasteiger partial charge in [-0.25, -0.2) is 4.79 Å². The molecule has 0 spiro atoms. The van der Waals surface area contributed by atoms with Gasteiger partial charge in [-0.3, -0.25) is 19.1 Å². The van der Waals surface area contributed by atoms with E-state index in [0.29, 0.717) is 11.1 Å². The number of H-pyrrole nitrogens is 1. The number of fused-ring (bicyclic) bond motifs is 1. The Morgan fingerprint density at radius 2 is 1.56 bits per heavy atom. The molecule has 32 heavy (non-hydrogen) atoms. The Labute approximate surface area is 186 Å². The van der Waals surface area contributed by atoms with E-state index in [1.165, 1.54) is 4.57 Å². The van der Waals surface area contributed by atoms with Crippen molar-refractivity contribution in [2.45, 2.75) is 40.2 Å². The number of hydrogen-bond donors (Lipinski definition) is 1. The molecule has 0 aliphatic rings. The zero-order chi connectivity index (χ0) is 23.0. The molecule has 0 bridgehead atoms. The van der Waals surface area contributed by atoms with Gasteiger partial charge < -0.3 is 0 Å². The highest BCUT2D eigenvalue weighted by Gasteiger charge is 2.25. The SMILES string of the molecule is Cc1cc(C)cc(C(=O)c2c(C(C)C)c(=O)[nH]c(=O)n2Cc2ccc3ccccc3c2)c1. The molecule has 4 aromatic rings. The van der Waals surface area contributed by atoms with Crippen LogP contribution in [0.5, 0.6) is 0 Å². The summed E-state index contributed by atoms with van der Waals surface area (Å²) >= 11 is 0. The van der Waals surface area contributed by atoms with Crippen LogP contribution in [-0.4, -0.2) is 15.3 Å². The van der Waals surface area contributed by atoms with Crippen LogP contribution in [0, 0.1) is 13.8 Å². The lowest BCUT2D eigenvalue weighted by Gasteiger charge is -2.18. The molecule has 1 aromatic heterocycles. The second-order valence-corrected chi connectivity index (χ2v) is 8.65.